The molecule has 3 aromatic carbocycles. The molecule has 0 radical (unpaired) electrons. The topological polar surface area (TPSA) is 99.7 Å². The fourth-order valence-electron chi connectivity index (χ4n) is 3.80. The summed E-state index contributed by atoms with van der Waals surface area (Å²) in [4.78, 5) is 0. The lowest BCUT2D eigenvalue weighted by molar-refractivity contribution is 0.924. The van der Waals surface area contributed by atoms with Crippen molar-refractivity contribution >= 4 is 36.5 Å². The minimum atomic E-state index is 0. The van der Waals surface area contributed by atoms with Crippen LogP contribution in [0.4, 0.5) is 0 Å². The van der Waals surface area contributed by atoms with E-state index in [2.05, 4.69) is 25.1 Å². The molecule has 0 aliphatic rings. The molecular weight excluding hydrogens is 427 g/mol. The van der Waals surface area contributed by atoms with E-state index in [1.54, 1.807) is 0 Å². The van der Waals surface area contributed by atoms with Crippen molar-refractivity contribution in [2.45, 2.75) is 32.6 Å². The van der Waals surface area contributed by atoms with Gasteiger partial charge >= 0.3 is 0 Å². The van der Waals surface area contributed by atoms with Gasteiger partial charge in [0.15, 0.2) is 0 Å². The van der Waals surface area contributed by atoms with Crippen molar-refractivity contribution in [3.63, 3.8) is 0 Å². The van der Waals surface area contributed by atoms with Gasteiger partial charge in [0, 0.05) is 11.1 Å². The molecule has 0 atom stereocenters. The van der Waals surface area contributed by atoms with E-state index in [1.165, 1.54) is 16.7 Å². The van der Waals surface area contributed by atoms with Gasteiger partial charge in [-0.1, -0.05) is 72.3 Å². The molecule has 3 aromatic rings. The third-order valence-corrected chi connectivity index (χ3v) is 5.18. The molecule has 0 unspecified atom stereocenters. The van der Waals surface area contributed by atoms with Gasteiger partial charge in [-0.2, -0.15) is 0 Å². The number of aryl methyl sites for hydroxylation is 5. The van der Waals surface area contributed by atoms with Crippen LogP contribution < -0.4 is 11.5 Å². The van der Waals surface area contributed by atoms with Crippen LogP contribution in [-0.4, -0.2) is 11.7 Å². The zero-order valence-electron chi connectivity index (χ0n) is 17.7. The molecule has 6 heteroatoms. The first kappa shape index (κ1) is 26.2. The number of halogens is 2. The van der Waals surface area contributed by atoms with Gasteiger partial charge in [-0.05, 0) is 54.9 Å². The van der Waals surface area contributed by atoms with Gasteiger partial charge in [-0.25, -0.2) is 0 Å². The van der Waals surface area contributed by atoms with E-state index in [1.807, 2.05) is 48.5 Å². The van der Waals surface area contributed by atoms with Crippen molar-refractivity contribution in [2.24, 2.45) is 11.5 Å². The maximum Gasteiger partial charge on any atom is 0.123 e. The Labute approximate surface area is 196 Å². The van der Waals surface area contributed by atoms with Crippen molar-refractivity contribution in [3.8, 4) is 0 Å². The Bertz CT molecular complexity index is 967. The van der Waals surface area contributed by atoms with E-state index in [0.29, 0.717) is 0 Å². The Morgan fingerprint density at radius 3 is 1.42 bits per heavy atom. The number of nitrogens with two attached hydrogens (primary N) is 2. The van der Waals surface area contributed by atoms with E-state index < -0.39 is 0 Å². The van der Waals surface area contributed by atoms with Crippen LogP contribution in [0.3, 0.4) is 0 Å². The van der Waals surface area contributed by atoms with E-state index in [-0.39, 0.29) is 36.5 Å². The fraction of sp³-hybridized carbons (Fsp3) is 0.200. The Kier molecular flexibility index (Phi) is 10.3. The quantitative estimate of drug-likeness (QED) is 0.283. The second-order valence-corrected chi connectivity index (χ2v) is 7.47. The molecule has 0 saturated heterocycles. The number of amidine groups is 2. The molecule has 3 rings (SSSR count). The molecule has 0 aromatic heterocycles. The van der Waals surface area contributed by atoms with Gasteiger partial charge in [0.2, 0.25) is 0 Å². The molecule has 6 N–H and O–H groups in total. The van der Waals surface area contributed by atoms with Crippen LogP contribution in [0.2, 0.25) is 0 Å². The summed E-state index contributed by atoms with van der Waals surface area (Å²) in [5, 5.41) is 15.5. The van der Waals surface area contributed by atoms with Crippen molar-refractivity contribution in [1.29, 1.82) is 10.8 Å². The highest BCUT2D eigenvalue weighted by molar-refractivity contribution is 5.96. The second kappa shape index (κ2) is 12.1. The predicted molar refractivity (Wildman–Crippen MR) is 135 cm³/mol. The standard InChI is InChI=1S/C25H28N4.2ClH/c1-17-14-18(10-12-20-6-2-4-8-22(20)24(26)27)16-19(15-17)11-13-21-7-3-5-9-23(21)25(28)29;;/h2-9,14-16H,10-13H2,1H3,(H3,26,27)(H3,28,29);2*1H. The van der Waals surface area contributed by atoms with Crippen LogP contribution in [0.25, 0.3) is 0 Å². The molecule has 0 saturated carbocycles. The lowest BCUT2D eigenvalue weighted by Crippen LogP contribution is -2.14. The summed E-state index contributed by atoms with van der Waals surface area (Å²) >= 11 is 0. The monoisotopic (exact) mass is 456 g/mol. The van der Waals surface area contributed by atoms with Gasteiger partial charge in [-0.15, -0.1) is 24.8 Å². The molecule has 0 amide bonds. The summed E-state index contributed by atoms with van der Waals surface area (Å²) < 4.78 is 0. The Hall–Kier alpha value is -2.82. The molecule has 0 spiro atoms. The van der Waals surface area contributed by atoms with E-state index >= 15 is 0 Å². The third kappa shape index (κ3) is 7.12. The van der Waals surface area contributed by atoms with Gasteiger partial charge in [0.25, 0.3) is 0 Å². The van der Waals surface area contributed by atoms with Crippen LogP contribution >= 0.6 is 24.8 Å². The average Bonchev–Trinajstić information content (AvgIpc) is 2.70. The SMILES string of the molecule is Cc1cc(CCc2ccccc2C(=N)N)cc(CCc2ccccc2C(=N)N)c1.Cl.Cl. The lowest BCUT2D eigenvalue weighted by Gasteiger charge is -2.12. The van der Waals surface area contributed by atoms with Crippen molar-refractivity contribution in [3.05, 3.63) is 106 Å². The second-order valence-electron chi connectivity index (χ2n) is 7.47. The maximum absolute atomic E-state index is 7.77. The summed E-state index contributed by atoms with van der Waals surface area (Å²) in [5.41, 5.74) is 19.1. The molecular formula is C25H30Cl2N4. The molecule has 0 aliphatic carbocycles. The minimum Gasteiger partial charge on any atom is -0.384 e. The highest BCUT2D eigenvalue weighted by Crippen LogP contribution is 2.18. The minimum absolute atomic E-state index is 0. The summed E-state index contributed by atoms with van der Waals surface area (Å²) in [7, 11) is 0. The van der Waals surface area contributed by atoms with Crippen molar-refractivity contribution in [2.75, 3.05) is 0 Å². The highest BCUT2D eigenvalue weighted by Gasteiger charge is 2.08. The Balaban J connectivity index is 0.00000240. The van der Waals surface area contributed by atoms with Crippen LogP contribution in [0.5, 0.6) is 0 Å². The summed E-state index contributed by atoms with van der Waals surface area (Å²) in [6.07, 6.45) is 3.52. The maximum atomic E-state index is 7.77. The van der Waals surface area contributed by atoms with Crippen molar-refractivity contribution < 1.29 is 0 Å². The summed E-state index contributed by atoms with van der Waals surface area (Å²) in [6, 6.07) is 22.5. The largest absolute Gasteiger partial charge is 0.384 e. The van der Waals surface area contributed by atoms with Crippen LogP contribution in [0.1, 0.15) is 38.9 Å². The lowest BCUT2D eigenvalue weighted by atomic mass is 9.94. The first-order valence-electron chi connectivity index (χ1n) is 9.88. The molecule has 0 bridgehead atoms. The molecule has 0 aliphatic heterocycles. The summed E-state index contributed by atoms with van der Waals surface area (Å²) in [5.74, 6) is 0.240. The number of rotatable bonds is 8. The molecule has 0 heterocycles. The van der Waals surface area contributed by atoms with Crippen LogP contribution in [-0.2, 0) is 25.7 Å². The first-order chi connectivity index (χ1) is 13.9. The Morgan fingerprint density at radius 2 is 1.03 bits per heavy atom. The number of hydrogen-bond donors (Lipinski definition) is 4. The fourth-order valence-corrected chi connectivity index (χ4v) is 3.80. The number of benzene rings is 3. The van der Waals surface area contributed by atoms with Gasteiger partial charge < -0.3 is 11.5 Å². The van der Waals surface area contributed by atoms with E-state index in [9.17, 15) is 0 Å². The normalized spacial score (nSPS) is 9.97. The molecule has 164 valence electrons. The number of nitrogens with one attached hydrogen (secondary N) is 2. The number of hydrogen-bond acceptors (Lipinski definition) is 2. The zero-order chi connectivity index (χ0) is 20.8. The van der Waals surface area contributed by atoms with E-state index in [4.69, 9.17) is 22.3 Å². The van der Waals surface area contributed by atoms with E-state index in [0.717, 1.165) is 47.9 Å². The molecule has 0 fully saturated rings. The van der Waals surface area contributed by atoms with Crippen LogP contribution in [0.15, 0.2) is 66.7 Å². The molecule has 4 nitrogen and oxygen atoms in total. The van der Waals surface area contributed by atoms with Gasteiger partial charge in [0.05, 0.1) is 0 Å². The predicted octanol–water partition coefficient (Wildman–Crippen LogP) is 4.98. The first-order valence-corrected chi connectivity index (χ1v) is 9.88. The molecule has 31 heavy (non-hydrogen) atoms. The Morgan fingerprint density at radius 1 is 0.645 bits per heavy atom. The summed E-state index contributed by atoms with van der Waals surface area (Å²) in [6.45, 7) is 2.13. The zero-order valence-corrected chi connectivity index (χ0v) is 19.3. The van der Waals surface area contributed by atoms with Gasteiger partial charge in [-0.3, -0.25) is 10.8 Å². The van der Waals surface area contributed by atoms with Crippen LogP contribution in [0, 0.1) is 17.7 Å². The average molecular weight is 457 g/mol. The third-order valence-electron chi connectivity index (χ3n) is 5.18. The number of nitrogen functional groups attached to an aromatic ring is 2. The van der Waals surface area contributed by atoms with Crippen molar-refractivity contribution in [1.82, 2.24) is 0 Å². The van der Waals surface area contributed by atoms with Gasteiger partial charge in [0.1, 0.15) is 11.7 Å². The highest BCUT2D eigenvalue weighted by atomic mass is 35.5. The smallest absolute Gasteiger partial charge is 0.123 e.